The third kappa shape index (κ3) is 7.25. The molecule has 0 aliphatic carbocycles. The topological polar surface area (TPSA) is 30.5 Å². The summed E-state index contributed by atoms with van der Waals surface area (Å²) in [6.07, 6.45) is 0. The molecule has 0 aliphatic heterocycles. The van der Waals surface area contributed by atoms with Crippen LogP contribution in [-0.4, -0.2) is 31.9 Å². The van der Waals surface area contributed by atoms with Crippen molar-refractivity contribution in [2.75, 3.05) is 26.4 Å². The zero-order chi connectivity index (χ0) is 13.4. The minimum Gasteiger partial charge on any atom is -0.491 e. The predicted molar refractivity (Wildman–Crippen MR) is 70.5 cm³/mol. The minimum atomic E-state index is -0.258. The molecular formula is C14H22FNO2. The van der Waals surface area contributed by atoms with E-state index in [-0.39, 0.29) is 11.4 Å². The molecule has 0 aromatic heterocycles. The first kappa shape index (κ1) is 14.9. The van der Waals surface area contributed by atoms with Crippen LogP contribution in [0.2, 0.25) is 0 Å². The summed E-state index contributed by atoms with van der Waals surface area (Å²) in [6.45, 7) is 8.83. The first-order chi connectivity index (χ1) is 8.47. The largest absolute Gasteiger partial charge is 0.491 e. The van der Waals surface area contributed by atoms with E-state index in [1.54, 1.807) is 12.1 Å². The third-order valence-electron chi connectivity index (χ3n) is 2.21. The van der Waals surface area contributed by atoms with Gasteiger partial charge in [-0.05, 0) is 45.0 Å². The third-order valence-corrected chi connectivity index (χ3v) is 2.21. The van der Waals surface area contributed by atoms with Crippen LogP contribution in [0.5, 0.6) is 5.75 Å². The van der Waals surface area contributed by atoms with Crippen molar-refractivity contribution in [2.24, 2.45) is 0 Å². The quantitative estimate of drug-likeness (QED) is 0.760. The Morgan fingerprint density at radius 2 is 1.72 bits per heavy atom. The summed E-state index contributed by atoms with van der Waals surface area (Å²) in [6, 6.07) is 5.97. The fraction of sp³-hybridized carbons (Fsp3) is 0.571. The highest BCUT2D eigenvalue weighted by Crippen LogP contribution is 2.10. The van der Waals surface area contributed by atoms with Gasteiger partial charge in [-0.15, -0.1) is 0 Å². The van der Waals surface area contributed by atoms with Gasteiger partial charge in [-0.2, -0.15) is 0 Å². The van der Waals surface area contributed by atoms with Gasteiger partial charge in [0.1, 0.15) is 18.2 Å². The molecule has 0 fully saturated rings. The van der Waals surface area contributed by atoms with Crippen molar-refractivity contribution in [3.8, 4) is 5.75 Å². The standard InChI is InChI=1S/C14H22FNO2/c1-14(2,3)16-8-9-17-10-11-18-13-6-4-12(15)5-7-13/h4-7,16H,8-11H2,1-3H3. The maximum Gasteiger partial charge on any atom is 0.123 e. The molecule has 0 saturated carbocycles. The molecule has 0 saturated heterocycles. The minimum absolute atomic E-state index is 0.119. The maximum absolute atomic E-state index is 12.6. The van der Waals surface area contributed by atoms with Gasteiger partial charge in [0.2, 0.25) is 0 Å². The van der Waals surface area contributed by atoms with E-state index in [1.165, 1.54) is 12.1 Å². The van der Waals surface area contributed by atoms with Gasteiger partial charge >= 0.3 is 0 Å². The van der Waals surface area contributed by atoms with Crippen molar-refractivity contribution in [3.63, 3.8) is 0 Å². The molecule has 1 N–H and O–H groups in total. The van der Waals surface area contributed by atoms with Crippen LogP contribution in [0.1, 0.15) is 20.8 Å². The number of halogens is 1. The molecule has 0 heterocycles. The van der Waals surface area contributed by atoms with Gasteiger partial charge < -0.3 is 14.8 Å². The van der Waals surface area contributed by atoms with Crippen molar-refractivity contribution in [3.05, 3.63) is 30.1 Å². The van der Waals surface area contributed by atoms with Gasteiger partial charge in [-0.3, -0.25) is 0 Å². The molecule has 102 valence electrons. The van der Waals surface area contributed by atoms with Gasteiger partial charge in [0.25, 0.3) is 0 Å². The van der Waals surface area contributed by atoms with E-state index in [9.17, 15) is 4.39 Å². The second-order valence-corrected chi connectivity index (χ2v) is 5.09. The number of benzene rings is 1. The average molecular weight is 255 g/mol. The van der Waals surface area contributed by atoms with Gasteiger partial charge in [-0.25, -0.2) is 4.39 Å². The van der Waals surface area contributed by atoms with Gasteiger partial charge in [0.15, 0.2) is 0 Å². The molecule has 0 radical (unpaired) electrons. The molecule has 1 rings (SSSR count). The van der Waals surface area contributed by atoms with E-state index < -0.39 is 0 Å². The van der Waals surface area contributed by atoms with Crippen LogP contribution in [0.3, 0.4) is 0 Å². The Labute approximate surface area is 108 Å². The normalized spacial score (nSPS) is 11.6. The fourth-order valence-electron chi connectivity index (χ4n) is 1.35. The van der Waals surface area contributed by atoms with Gasteiger partial charge in [0.05, 0.1) is 13.2 Å². The Hall–Kier alpha value is -1.13. The van der Waals surface area contributed by atoms with Gasteiger partial charge in [-0.1, -0.05) is 0 Å². The maximum atomic E-state index is 12.6. The molecular weight excluding hydrogens is 233 g/mol. The lowest BCUT2D eigenvalue weighted by atomic mass is 10.1. The van der Waals surface area contributed by atoms with Crippen molar-refractivity contribution < 1.29 is 13.9 Å². The highest BCUT2D eigenvalue weighted by Gasteiger charge is 2.06. The van der Waals surface area contributed by atoms with E-state index in [0.717, 1.165) is 6.54 Å². The first-order valence-electron chi connectivity index (χ1n) is 6.18. The summed E-state index contributed by atoms with van der Waals surface area (Å²) in [5, 5.41) is 3.33. The first-order valence-corrected chi connectivity index (χ1v) is 6.18. The van der Waals surface area contributed by atoms with Crippen molar-refractivity contribution in [1.82, 2.24) is 5.32 Å². The Balaban J connectivity index is 2.00. The van der Waals surface area contributed by atoms with Crippen molar-refractivity contribution >= 4 is 0 Å². The smallest absolute Gasteiger partial charge is 0.123 e. The number of nitrogens with one attached hydrogen (secondary N) is 1. The number of rotatable bonds is 7. The van der Waals surface area contributed by atoms with Crippen LogP contribution in [0.4, 0.5) is 4.39 Å². The highest BCUT2D eigenvalue weighted by atomic mass is 19.1. The van der Waals surface area contributed by atoms with Crippen LogP contribution >= 0.6 is 0 Å². The second-order valence-electron chi connectivity index (χ2n) is 5.09. The predicted octanol–water partition coefficient (Wildman–Crippen LogP) is 2.61. The van der Waals surface area contributed by atoms with E-state index in [0.29, 0.717) is 25.6 Å². The fourth-order valence-corrected chi connectivity index (χ4v) is 1.35. The van der Waals surface area contributed by atoms with Crippen LogP contribution in [-0.2, 0) is 4.74 Å². The Kier molecular flexibility index (Phi) is 6.09. The molecule has 1 aromatic carbocycles. The van der Waals surface area contributed by atoms with Crippen molar-refractivity contribution in [2.45, 2.75) is 26.3 Å². The van der Waals surface area contributed by atoms with Crippen LogP contribution in [0.15, 0.2) is 24.3 Å². The zero-order valence-corrected chi connectivity index (χ0v) is 11.3. The molecule has 1 aromatic rings. The van der Waals surface area contributed by atoms with E-state index in [4.69, 9.17) is 9.47 Å². The van der Waals surface area contributed by atoms with E-state index in [2.05, 4.69) is 26.1 Å². The summed E-state index contributed by atoms with van der Waals surface area (Å²) >= 11 is 0. The van der Waals surface area contributed by atoms with Crippen molar-refractivity contribution in [1.29, 1.82) is 0 Å². The number of hydrogen-bond donors (Lipinski definition) is 1. The summed E-state index contributed by atoms with van der Waals surface area (Å²) in [5.74, 6) is 0.402. The Morgan fingerprint density at radius 3 is 2.33 bits per heavy atom. The summed E-state index contributed by atoms with van der Waals surface area (Å²) in [5.41, 5.74) is 0.119. The van der Waals surface area contributed by atoms with E-state index >= 15 is 0 Å². The summed E-state index contributed by atoms with van der Waals surface area (Å²) < 4.78 is 23.4. The number of hydrogen-bond acceptors (Lipinski definition) is 3. The lowest BCUT2D eigenvalue weighted by molar-refractivity contribution is 0.0985. The average Bonchev–Trinajstić information content (AvgIpc) is 2.29. The summed E-state index contributed by atoms with van der Waals surface area (Å²) in [7, 11) is 0. The zero-order valence-electron chi connectivity index (χ0n) is 11.3. The monoisotopic (exact) mass is 255 g/mol. The molecule has 4 heteroatoms. The Bertz CT molecular complexity index is 333. The van der Waals surface area contributed by atoms with Crippen LogP contribution < -0.4 is 10.1 Å². The van der Waals surface area contributed by atoms with Crippen LogP contribution in [0, 0.1) is 5.82 Å². The molecule has 0 aliphatic rings. The van der Waals surface area contributed by atoms with Gasteiger partial charge in [0, 0.05) is 12.1 Å². The highest BCUT2D eigenvalue weighted by molar-refractivity contribution is 5.21. The lowest BCUT2D eigenvalue weighted by Crippen LogP contribution is -2.38. The molecule has 3 nitrogen and oxygen atoms in total. The molecule has 0 amide bonds. The SMILES string of the molecule is CC(C)(C)NCCOCCOc1ccc(F)cc1. The van der Waals surface area contributed by atoms with E-state index in [1.807, 2.05) is 0 Å². The Morgan fingerprint density at radius 1 is 1.06 bits per heavy atom. The summed E-state index contributed by atoms with van der Waals surface area (Å²) in [4.78, 5) is 0. The molecule has 0 atom stereocenters. The molecule has 0 unspecified atom stereocenters. The lowest BCUT2D eigenvalue weighted by Gasteiger charge is -2.20. The second kappa shape index (κ2) is 7.34. The van der Waals surface area contributed by atoms with Crippen LogP contribution in [0.25, 0.3) is 0 Å². The molecule has 0 spiro atoms. The molecule has 0 bridgehead atoms. The molecule has 18 heavy (non-hydrogen) atoms. The number of ether oxygens (including phenoxy) is 2.